The number of hydrogen-bond acceptors (Lipinski definition) is 1. The second-order valence-electron chi connectivity index (χ2n) is 3.65. The lowest BCUT2D eigenvalue weighted by Gasteiger charge is -1.97. The molecule has 2 rings (SSSR count). The highest BCUT2D eigenvalue weighted by molar-refractivity contribution is 6.23. The van der Waals surface area contributed by atoms with E-state index < -0.39 is 0 Å². The molecule has 0 fully saturated rings. The van der Waals surface area contributed by atoms with Crippen LogP contribution in [0.3, 0.4) is 0 Å². The maximum Gasteiger partial charge on any atom is 0.213 e. The summed E-state index contributed by atoms with van der Waals surface area (Å²) in [6.45, 7) is 4.82. The van der Waals surface area contributed by atoms with Crippen molar-refractivity contribution in [3.05, 3.63) is 36.1 Å². The first-order chi connectivity index (χ1) is 7.25. The Labute approximate surface area is 90.5 Å². The van der Waals surface area contributed by atoms with Crippen molar-refractivity contribution >= 4 is 17.0 Å². The van der Waals surface area contributed by atoms with E-state index in [1.54, 1.807) is 0 Å². The first kappa shape index (κ1) is 9.97. The van der Waals surface area contributed by atoms with E-state index in [0.29, 0.717) is 6.61 Å². The van der Waals surface area contributed by atoms with Gasteiger partial charge in [-0.25, -0.2) is 0 Å². The largest absolute Gasteiger partial charge is 0.501 e. The summed E-state index contributed by atoms with van der Waals surface area (Å²) in [5, 5.41) is 0. The smallest absolute Gasteiger partial charge is 0.213 e. The Kier molecular flexibility index (Phi) is 2.58. The van der Waals surface area contributed by atoms with Crippen molar-refractivity contribution in [2.24, 2.45) is 0 Å². The minimum absolute atomic E-state index is 0.711. The molecule has 0 saturated carbocycles. The summed E-state index contributed by atoms with van der Waals surface area (Å²) < 4.78 is 7.58. The molecule has 0 aromatic heterocycles. The minimum atomic E-state index is 0.711. The zero-order chi connectivity index (χ0) is 10.8. The van der Waals surface area contributed by atoms with Gasteiger partial charge in [0.05, 0.1) is 24.0 Å². The predicted octanol–water partition coefficient (Wildman–Crippen LogP) is 2.81. The van der Waals surface area contributed by atoms with Gasteiger partial charge in [-0.15, -0.1) is 0 Å². The normalized spacial score (nSPS) is 17.1. The number of allylic oxidation sites excluding steroid dienone is 1. The van der Waals surface area contributed by atoms with Gasteiger partial charge in [0.15, 0.2) is 5.71 Å². The molecule has 0 aliphatic carbocycles. The van der Waals surface area contributed by atoms with Crippen molar-refractivity contribution in [3.63, 3.8) is 0 Å². The molecule has 1 heterocycles. The van der Waals surface area contributed by atoms with E-state index in [9.17, 15) is 0 Å². The van der Waals surface area contributed by atoms with Crippen molar-refractivity contribution < 1.29 is 9.31 Å². The molecule has 0 saturated heterocycles. The Bertz CT molecular complexity index is 444. The van der Waals surface area contributed by atoms with Gasteiger partial charge in [0.1, 0.15) is 7.05 Å². The summed E-state index contributed by atoms with van der Waals surface area (Å²) in [4.78, 5) is 0. The predicted molar refractivity (Wildman–Crippen MR) is 62.6 cm³/mol. The van der Waals surface area contributed by atoms with Crippen LogP contribution in [0.25, 0.3) is 5.57 Å². The van der Waals surface area contributed by atoms with Crippen LogP contribution >= 0.6 is 0 Å². The van der Waals surface area contributed by atoms with Crippen LogP contribution in [0.2, 0.25) is 0 Å². The van der Waals surface area contributed by atoms with Crippen molar-refractivity contribution in [2.75, 3.05) is 13.7 Å². The quantitative estimate of drug-likeness (QED) is 0.530. The Morgan fingerprint density at radius 1 is 1.33 bits per heavy atom. The van der Waals surface area contributed by atoms with Crippen LogP contribution in [0.15, 0.2) is 30.5 Å². The third-order valence-electron chi connectivity index (χ3n) is 2.82. The first-order valence-corrected chi connectivity index (χ1v) is 5.24. The molecule has 2 nitrogen and oxygen atoms in total. The number of rotatable bonds is 2. The van der Waals surface area contributed by atoms with E-state index in [4.69, 9.17) is 4.74 Å². The van der Waals surface area contributed by atoms with Crippen LogP contribution in [0, 0.1) is 0 Å². The van der Waals surface area contributed by atoms with E-state index >= 15 is 0 Å². The first-order valence-electron chi connectivity index (χ1n) is 5.24. The molecular formula is C13H16NO+. The number of benzene rings is 1. The number of nitrogens with zero attached hydrogens (tertiary/aromatic N) is 1. The third-order valence-corrected chi connectivity index (χ3v) is 2.82. The van der Waals surface area contributed by atoms with Crippen LogP contribution in [0.5, 0.6) is 0 Å². The molecule has 0 spiro atoms. The Morgan fingerprint density at radius 2 is 2.07 bits per heavy atom. The van der Waals surface area contributed by atoms with E-state index in [1.165, 1.54) is 22.5 Å². The highest BCUT2D eigenvalue weighted by atomic mass is 16.5. The van der Waals surface area contributed by atoms with Gasteiger partial charge in [-0.1, -0.05) is 12.1 Å². The van der Waals surface area contributed by atoms with Gasteiger partial charge in [-0.2, -0.15) is 4.58 Å². The Hall–Kier alpha value is -1.57. The summed E-state index contributed by atoms with van der Waals surface area (Å²) in [5.41, 5.74) is 4.94. The van der Waals surface area contributed by atoms with Crippen molar-refractivity contribution in [3.8, 4) is 0 Å². The van der Waals surface area contributed by atoms with Crippen molar-refractivity contribution in [2.45, 2.75) is 13.8 Å². The maximum absolute atomic E-state index is 5.38. The average molecular weight is 202 g/mol. The second-order valence-corrected chi connectivity index (χ2v) is 3.65. The molecule has 0 atom stereocenters. The van der Waals surface area contributed by atoms with Gasteiger partial charge in [0, 0.05) is 13.0 Å². The highest BCUT2D eigenvalue weighted by Crippen LogP contribution is 2.32. The van der Waals surface area contributed by atoms with Gasteiger partial charge in [-0.3, -0.25) is 0 Å². The monoisotopic (exact) mass is 202 g/mol. The fourth-order valence-corrected chi connectivity index (χ4v) is 1.87. The molecule has 1 aromatic carbocycles. The molecular weight excluding hydrogens is 186 g/mol. The van der Waals surface area contributed by atoms with E-state index in [0.717, 1.165) is 0 Å². The van der Waals surface area contributed by atoms with Crippen molar-refractivity contribution in [1.82, 2.24) is 0 Å². The van der Waals surface area contributed by atoms with E-state index in [1.807, 2.05) is 13.2 Å². The SMILES string of the molecule is CCO/C=C1/C(C)=[N+](C)c2ccccc21. The topological polar surface area (TPSA) is 12.2 Å². The van der Waals surface area contributed by atoms with Gasteiger partial charge in [0.2, 0.25) is 5.69 Å². The number of hydrogen-bond donors (Lipinski definition) is 0. The zero-order valence-corrected chi connectivity index (χ0v) is 9.45. The lowest BCUT2D eigenvalue weighted by molar-refractivity contribution is -0.401. The molecule has 1 aliphatic heterocycles. The molecule has 78 valence electrons. The summed E-state index contributed by atoms with van der Waals surface area (Å²) in [6.07, 6.45) is 1.86. The van der Waals surface area contributed by atoms with Crippen LogP contribution in [0.1, 0.15) is 19.4 Å². The van der Waals surface area contributed by atoms with Crippen molar-refractivity contribution in [1.29, 1.82) is 0 Å². The minimum Gasteiger partial charge on any atom is -0.501 e. The molecule has 2 heteroatoms. The summed E-state index contributed by atoms with van der Waals surface area (Å²) in [6, 6.07) is 8.39. The Morgan fingerprint density at radius 3 is 2.80 bits per heavy atom. The van der Waals surface area contributed by atoms with Crippen LogP contribution < -0.4 is 0 Å². The molecule has 1 aromatic rings. The molecule has 0 radical (unpaired) electrons. The third kappa shape index (κ3) is 1.56. The average Bonchev–Trinajstić information content (AvgIpc) is 2.51. The van der Waals surface area contributed by atoms with Gasteiger partial charge in [0.25, 0.3) is 0 Å². The fraction of sp³-hybridized carbons (Fsp3) is 0.308. The second kappa shape index (κ2) is 3.89. The standard InChI is InChI=1S/C13H16NO/c1-4-15-9-12-10(2)14(3)13-8-6-5-7-11(12)13/h5-9H,4H2,1-3H3/q+1/b12-9-. The Balaban J connectivity index is 2.51. The molecule has 0 bridgehead atoms. The number of ether oxygens (including phenoxy) is 1. The summed E-state index contributed by atoms with van der Waals surface area (Å²) in [7, 11) is 2.08. The van der Waals surface area contributed by atoms with Crippen LogP contribution in [-0.4, -0.2) is 23.9 Å². The lowest BCUT2D eigenvalue weighted by atomic mass is 10.1. The summed E-state index contributed by atoms with van der Waals surface area (Å²) >= 11 is 0. The zero-order valence-electron chi connectivity index (χ0n) is 9.45. The van der Waals surface area contributed by atoms with Gasteiger partial charge < -0.3 is 4.74 Å². The molecule has 0 amide bonds. The molecule has 0 unspecified atom stereocenters. The number of fused-ring (bicyclic) bond motifs is 1. The van der Waals surface area contributed by atoms with E-state index in [-0.39, 0.29) is 0 Å². The lowest BCUT2D eigenvalue weighted by Crippen LogP contribution is -2.02. The number of para-hydroxylation sites is 1. The molecule has 15 heavy (non-hydrogen) atoms. The van der Waals surface area contributed by atoms with Gasteiger partial charge >= 0.3 is 0 Å². The fourth-order valence-electron chi connectivity index (χ4n) is 1.87. The maximum atomic E-state index is 5.38. The molecule has 1 aliphatic rings. The highest BCUT2D eigenvalue weighted by Gasteiger charge is 2.28. The van der Waals surface area contributed by atoms with Crippen LogP contribution in [0.4, 0.5) is 5.69 Å². The summed E-state index contributed by atoms with van der Waals surface area (Å²) in [5.74, 6) is 0. The van der Waals surface area contributed by atoms with Crippen LogP contribution in [-0.2, 0) is 4.74 Å². The van der Waals surface area contributed by atoms with Gasteiger partial charge in [-0.05, 0) is 13.0 Å². The van der Waals surface area contributed by atoms with E-state index in [2.05, 4.69) is 42.8 Å². The molecule has 0 N–H and O–H groups in total.